The van der Waals surface area contributed by atoms with Crippen molar-refractivity contribution in [3.8, 4) is 5.75 Å². The highest BCUT2D eigenvalue weighted by molar-refractivity contribution is 5.90. The van der Waals surface area contributed by atoms with Gasteiger partial charge in [-0.3, -0.25) is 0 Å². The molecule has 0 aliphatic heterocycles. The number of methoxy groups -OCH3 is 2. The SMILES string of the molecule is COC(=O)c1cccc(Nc2cc(C)nc(Nc3ccc(OC)cc3)n2)c1. The molecule has 2 N–H and O–H groups in total. The molecule has 27 heavy (non-hydrogen) atoms. The highest BCUT2D eigenvalue weighted by atomic mass is 16.5. The number of nitrogens with zero attached hydrogens (tertiary/aromatic N) is 2. The second-order valence-corrected chi connectivity index (χ2v) is 5.77. The molecule has 0 saturated heterocycles. The van der Waals surface area contributed by atoms with Crippen molar-refractivity contribution in [2.45, 2.75) is 6.92 Å². The molecule has 138 valence electrons. The second-order valence-electron chi connectivity index (χ2n) is 5.77. The minimum Gasteiger partial charge on any atom is -0.497 e. The average Bonchev–Trinajstić information content (AvgIpc) is 2.67. The van der Waals surface area contributed by atoms with E-state index in [0.29, 0.717) is 17.3 Å². The lowest BCUT2D eigenvalue weighted by Crippen LogP contribution is -2.04. The Kier molecular flexibility index (Phi) is 5.51. The molecule has 0 saturated carbocycles. The molecule has 0 radical (unpaired) electrons. The van der Waals surface area contributed by atoms with Gasteiger partial charge in [-0.1, -0.05) is 6.07 Å². The minimum absolute atomic E-state index is 0.389. The molecule has 1 heterocycles. The molecule has 0 amide bonds. The van der Waals surface area contributed by atoms with Crippen molar-refractivity contribution in [2.24, 2.45) is 0 Å². The van der Waals surface area contributed by atoms with Gasteiger partial charge in [-0.2, -0.15) is 4.98 Å². The van der Waals surface area contributed by atoms with Crippen LogP contribution in [0.4, 0.5) is 23.1 Å². The van der Waals surface area contributed by atoms with Crippen molar-refractivity contribution in [1.29, 1.82) is 0 Å². The Bertz CT molecular complexity index is 942. The van der Waals surface area contributed by atoms with Crippen molar-refractivity contribution < 1.29 is 14.3 Å². The Hall–Kier alpha value is -3.61. The second kappa shape index (κ2) is 8.18. The van der Waals surface area contributed by atoms with E-state index in [0.717, 1.165) is 22.8 Å². The summed E-state index contributed by atoms with van der Waals surface area (Å²) in [6.45, 7) is 1.89. The van der Waals surface area contributed by atoms with E-state index in [-0.39, 0.29) is 5.97 Å². The van der Waals surface area contributed by atoms with Crippen LogP contribution in [0, 0.1) is 6.92 Å². The van der Waals surface area contributed by atoms with Gasteiger partial charge in [-0.15, -0.1) is 0 Å². The largest absolute Gasteiger partial charge is 0.497 e. The summed E-state index contributed by atoms with van der Waals surface area (Å²) in [5.41, 5.74) is 2.84. The van der Waals surface area contributed by atoms with Gasteiger partial charge < -0.3 is 20.1 Å². The van der Waals surface area contributed by atoms with Crippen molar-refractivity contribution in [1.82, 2.24) is 9.97 Å². The smallest absolute Gasteiger partial charge is 0.337 e. The third-order valence-electron chi connectivity index (χ3n) is 3.76. The Morgan fingerprint density at radius 3 is 2.41 bits per heavy atom. The van der Waals surface area contributed by atoms with Crippen molar-refractivity contribution in [3.63, 3.8) is 0 Å². The summed E-state index contributed by atoms with van der Waals surface area (Å²) < 4.78 is 9.91. The molecular weight excluding hydrogens is 344 g/mol. The van der Waals surface area contributed by atoms with Gasteiger partial charge in [-0.25, -0.2) is 9.78 Å². The first-order chi connectivity index (χ1) is 13.1. The Morgan fingerprint density at radius 1 is 0.926 bits per heavy atom. The number of benzene rings is 2. The topological polar surface area (TPSA) is 85.4 Å². The lowest BCUT2D eigenvalue weighted by atomic mass is 10.2. The first-order valence-electron chi connectivity index (χ1n) is 8.29. The van der Waals surface area contributed by atoms with E-state index in [1.54, 1.807) is 25.3 Å². The molecule has 7 nitrogen and oxygen atoms in total. The quantitative estimate of drug-likeness (QED) is 0.638. The monoisotopic (exact) mass is 364 g/mol. The van der Waals surface area contributed by atoms with E-state index in [1.165, 1.54) is 7.11 Å². The molecule has 0 atom stereocenters. The summed E-state index contributed by atoms with van der Waals surface area (Å²) in [7, 11) is 2.98. The molecule has 0 aliphatic carbocycles. The highest BCUT2D eigenvalue weighted by Crippen LogP contribution is 2.21. The number of nitrogens with one attached hydrogen (secondary N) is 2. The number of aromatic nitrogens is 2. The van der Waals surface area contributed by atoms with Crippen LogP contribution in [0.25, 0.3) is 0 Å². The fourth-order valence-electron chi connectivity index (χ4n) is 2.48. The number of carbonyl (C=O) groups excluding carboxylic acids is 1. The van der Waals surface area contributed by atoms with Gasteiger partial charge in [0, 0.05) is 23.1 Å². The zero-order chi connectivity index (χ0) is 19.2. The van der Waals surface area contributed by atoms with Gasteiger partial charge in [-0.05, 0) is 49.4 Å². The Labute approximate surface area is 157 Å². The zero-order valence-corrected chi connectivity index (χ0v) is 15.3. The summed E-state index contributed by atoms with van der Waals surface area (Å²) in [4.78, 5) is 20.6. The van der Waals surface area contributed by atoms with Crippen LogP contribution in [-0.2, 0) is 4.74 Å². The van der Waals surface area contributed by atoms with Crippen LogP contribution in [0.3, 0.4) is 0 Å². The molecule has 0 unspecified atom stereocenters. The lowest BCUT2D eigenvalue weighted by Gasteiger charge is -2.11. The number of esters is 1. The maximum atomic E-state index is 11.7. The van der Waals surface area contributed by atoms with Crippen molar-refractivity contribution in [2.75, 3.05) is 24.9 Å². The number of hydrogen-bond acceptors (Lipinski definition) is 7. The van der Waals surface area contributed by atoms with E-state index in [9.17, 15) is 4.79 Å². The summed E-state index contributed by atoms with van der Waals surface area (Å²) in [5, 5.41) is 6.36. The molecule has 0 bridgehead atoms. The lowest BCUT2D eigenvalue weighted by molar-refractivity contribution is 0.0601. The van der Waals surface area contributed by atoms with E-state index in [1.807, 2.05) is 43.3 Å². The molecule has 7 heteroatoms. The predicted molar refractivity (Wildman–Crippen MR) is 104 cm³/mol. The van der Waals surface area contributed by atoms with Gasteiger partial charge >= 0.3 is 5.97 Å². The summed E-state index contributed by atoms with van der Waals surface area (Å²) in [6, 6.07) is 16.3. The van der Waals surface area contributed by atoms with Gasteiger partial charge in [0.05, 0.1) is 19.8 Å². The molecule has 1 aromatic heterocycles. The van der Waals surface area contributed by atoms with E-state index >= 15 is 0 Å². The standard InChI is InChI=1S/C20H20N4O3/c1-13-11-18(22-16-6-4-5-14(12-16)19(25)27-3)24-20(21-13)23-15-7-9-17(26-2)10-8-15/h4-12H,1-3H3,(H2,21,22,23,24). The van der Waals surface area contributed by atoms with E-state index in [2.05, 4.69) is 20.6 Å². The predicted octanol–water partition coefficient (Wildman–Crippen LogP) is 4.07. The maximum absolute atomic E-state index is 11.7. The third-order valence-corrected chi connectivity index (χ3v) is 3.76. The van der Waals surface area contributed by atoms with Crippen molar-refractivity contribution >= 4 is 29.1 Å². The van der Waals surface area contributed by atoms with Gasteiger partial charge in [0.1, 0.15) is 11.6 Å². The summed E-state index contributed by atoms with van der Waals surface area (Å²) in [5.74, 6) is 1.46. The minimum atomic E-state index is -0.389. The summed E-state index contributed by atoms with van der Waals surface area (Å²) in [6.07, 6.45) is 0. The molecule has 2 aromatic carbocycles. The molecule has 3 rings (SSSR count). The third kappa shape index (κ3) is 4.72. The normalized spacial score (nSPS) is 10.2. The Balaban J connectivity index is 1.79. The molecule has 0 spiro atoms. The molecule has 3 aromatic rings. The van der Waals surface area contributed by atoms with Crippen LogP contribution < -0.4 is 15.4 Å². The maximum Gasteiger partial charge on any atom is 0.337 e. The number of rotatable bonds is 6. The zero-order valence-electron chi connectivity index (χ0n) is 15.3. The number of aryl methyl sites for hydroxylation is 1. The number of hydrogen-bond donors (Lipinski definition) is 2. The van der Waals surface area contributed by atoms with E-state index in [4.69, 9.17) is 9.47 Å². The first-order valence-corrected chi connectivity index (χ1v) is 8.29. The van der Waals surface area contributed by atoms with Crippen LogP contribution in [0.5, 0.6) is 5.75 Å². The van der Waals surface area contributed by atoms with Crippen LogP contribution in [-0.4, -0.2) is 30.2 Å². The number of carbonyl (C=O) groups is 1. The highest BCUT2D eigenvalue weighted by Gasteiger charge is 2.08. The van der Waals surface area contributed by atoms with Gasteiger partial charge in [0.15, 0.2) is 0 Å². The molecule has 0 fully saturated rings. The fraction of sp³-hybridized carbons (Fsp3) is 0.150. The van der Waals surface area contributed by atoms with Crippen LogP contribution in [0.1, 0.15) is 16.1 Å². The van der Waals surface area contributed by atoms with Crippen LogP contribution >= 0.6 is 0 Å². The molecular formula is C20H20N4O3. The number of ether oxygens (including phenoxy) is 2. The average molecular weight is 364 g/mol. The van der Waals surface area contributed by atoms with E-state index < -0.39 is 0 Å². The van der Waals surface area contributed by atoms with Crippen LogP contribution in [0.2, 0.25) is 0 Å². The van der Waals surface area contributed by atoms with Gasteiger partial charge in [0.25, 0.3) is 0 Å². The van der Waals surface area contributed by atoms with Crippen LogP contribution in [0.15, 0.2) is 54.6 Å². The first kappa shape index (κ1) is 18.2. The molecule has 0 aliphatic rings. The summed E-state index contributed by atoms with van der Waals surface area (Å²) >= 11 is 0. The van der Waals surface area contributed by atoms with Crippen molar-refractivity contribution in [3.05, 3.63) is 65.9 Å². The fourth-order valence-corrected chi connectivity index (χ4v) is 2.48. The number of anilines is 4. The Morgan fingerprint density at radius 2 is 1.70 bits per heavy atom. The van der Waals surface area contributed by atoms with Gasteiger partial charge in [0.2, 0.25) is 5.95 Å².